The molecule has 3 aliphatic heterocycles. The van der Waals surface area contributed by atoms with E-state index >= 15 is 0 Å². The molecule has 0 aliphatic carbocycles. The van der Waals surface area contributed by atoms with Crippen LogP contribution in [0.2, 0.25) is 0 Å². The van der Waals surface area contributed by atoms with E-state index in [1.807, 2.05) is 0 Å². The fourth-order valence-electron chi connectivity index (χ4n) is 3.04. The van der Waals surface area contributed by atoms with E-state index in [4.69, 9.17) is 4.52 Å². The molecule has 1 aromatic rings. The third-order valence-corrected chi connectivity index (χ3v) is 4.08. The molecule has 0 N–H and O–H groups in total. The second kappa shape index (κ2) is 3.76. The van der Waals surface area contributed by atoms with Crippen molar-refractivity contribution in [3.8, 4) is 0 Å². The molecule has 1 atom stereocenters. The summed E-state index contributed by atoms with van der Waals surface area (Å²) >= 11 is 0. The number of rotatable bonds is 1. The maximum absolute atomic E-state index is 4.85. The lowest BCUT2D eigenvalue weighted by atomic mass is 9.81. The summed E-state index contributed by atoms with van der Waals surface area (Å²) < 4.78 is 5.97. The van der Waals surface area contributed by atoms with Gasteiger partial charge in [-0.25, -0.2) is 0 Å². The summed E-state index contributed by atoms with van der Waals surface area (Å²) in [5.41, 5.74) is 0. The van der Waals surface area contributed by atoms with Gasteiger partial charge in [0.05, 0.1) is 20.1 Å². The third-order valence-electron chi connectivity index (χ3n) is 4.08. The first-order valence-corrected chi connectivity index (χ1v) is 5.38. The molecule has 4 rings (SSSR count). The number of halogens is 1. The fraction of sp³-hybridized carbons (Fsp3) is 0.800. The molecule has 0 amide bonds. The minimum atomic E-state index is 0. The highest BCUT2D eigenvalue weighted by atomic mass is 35.5. The molecule has 3 saturated heterocycles. The van der Waals surface area contributed by atoms with Crippen molar-refractivity contribution in [3.05, 3.63) is 12.2 Å². The lowest BCUT2D eigenvalue weighted by molar-refractivity contribution is -0.955. The number of hydrogen-bond donors (Lipinski definition) is 0. The van der Waals surface area contributed by atoms with Gasteiger partial charge >= 0.3 is 0 Å². The van der Waals surface area contributed by atoms with Crippen LogP contribution in [0.25, 0.3) is 0 Å². The Kier molecular flexibility index (Phi) is 2.73. The van der Waals surface area contributed by atoms with Crippen LogP contribution in [-0.4, -0.2) is 34.8 Å². The van der Waals surface area contributed by atoms with E-state index in [0.717, 1.165) is 16.2 Å². The van der Waals surface area contributed by atoms with Gasteiger partial charge in [0.25, 0.3) is 0 Å². The van der Waals surface area contributed by atoms with Crippen molar-refractivity contribution in [2.45, 2.75) is 25.3 Å². The van der Waals surface area contributed by atoms with Crippen molar-refractivity contribution >= 4 is 0 Å². The van der Waals surface area contributed by atoms with Crippen LogP contribution in [0.15, 0.2) is 10.9 Å². The molecule has 3 aliphatic rings. The van der Waals surface area contributed by atoms with Gasteiger partial charge in [0.15, 0.2) is 6.04 Å². The lowest BCUT2D eigenvalue weighted by Crippen LogP contribution is -3.00. The number of nitrogens with zero attached hydrogens (tertiary/aromatic N) is 3. The molecule has 1 unspecified atom stereocenters. The molecule has 4 nitrogen and oxygen atoms in total. The Morgan fingerprint density at radius 1 is 1.40 bits per heavy atom. The highest BCUT2D eigenvalue weighted by Gasteiger charge is 2.47. The summed E-state index contributed by atoms with van der Waals surface area (Å²) in [5, 5.41) is 4.00. The second-order valence-corrected chi connectivity index (χ2v) is 4.91. The van der Waals surface area contributed by atoms with Crippen molar-refractivity contribution in [1.82, 2.24) is 10.1 Å². The molecule has 84 valence electrons. The number of quaternary nitrogens is 1. The second-order valence-electron chi connectivity index (χ2n) is 4.91. The number of hydrogen-bond acceptors (Lipinski definition) is 3. The molecular formula is C10H16ClN3O. The van der Waals surface area contributed by atoms with E-state index in [2.05, 4.69) is 17.2 Å². The molecule has 0 aromatic carbocycles. The van der Waals surface area contributed by atoms with Gasteiger partial charge in [-0.05, 0) is 18.8 Å². The SMILES string of the molecule is C[N+]12CCC(CC1)CC2c1ncon1.[Cl-]. The van der Waals surface area contributed by atoms with Crippen LogP contribution in [0.4, 0.5) is 0 Å². The van der Waals surface area contributed by atoms with Crippen LogP contribution in [-0.2, 0) is 0 Å². The maximum Gasteiger partial charge on any atom is 0.229 e. The molecule has 0 radical (unpaired) electrons. The van der Waals surface area contributed by atoms with Gasteiger partial charge in [-0.3, -0.25) is 0 Å². The molecule has 2 bridgehead atoms. The quantitative estimate of drug-likeness (QED) is 0.544. The minimum absolute atomic E-state index is 0. The topological polar surface area (TPSA) is 38.9 Å². The van der Waals surface area contributed by atoms with E-state index < -0.39 is 0 Å². The Labute approximate surface area is 95.6 Å². The monoisotopic (exact) mass is 229 g/mol. The van der Waals surface area contributed by atoms with Gasteiger partial charge in [-0.1, -0.05) is 5.16 Å². The van der Waals surface area contributed by atoms with E-state index in [-0.39, 0.29) is 12.4 Å². The van der Waals surface area contributed by atoms with Crippen molar-refractivity contribution < 1.29 is 21.4 Å². The first-order chi connectivity index (χ1) is 6.78. The Morgan fingerprint density at radius 2 is 2.13 bits per heavy atom. The third kappa shape index (κ3) is 1.66. The number of fused-ring (bicyclic) bond motifs is 3. The first-order valence-electron chi connectivity index (χ1n) is 5.38. The van der Waals surface area contributed by atoms with Crippen LogP contribution >= 0.6 is 0 Å². The van der Waals surface area contributed by atoms with Crippen LogP contribution in [0.5, 0.6) is 0 Å². The highest BCUT2D eigenvalue weighted by Crippen LogP contribution is 2.43. The molecule has 0 saturated carbocycles. The predicted octanol–water partition coefficient (Wildman–Crippen LogP) is -1.62. The van der Waals surface area contributed by atoms with Gasteiger partial charge in [0.1, 0.15) is 0 Å². The maximum atomic E-state index is 4.85. The van der Waals surface area contributed by atoms with Crippen LogP contribution < -0.4 is 12.4 Å². The Morgan fingerprint density at radius 3 is 2.67 bits per heavy atom. The molecule has 3 fully saturated rings. The Bertz CT molecular complexity index is 319. The van der Waals surface area contributed by atoms with Gasteiger partial charge in [0.2, 0.25) is 12.2 Å². The summed E-state index contributed by atoms with van der Waals surface area (Å²) in [6, 6.07) is 0.487. The summed E-state index contributed by atoms with van der Waals surface area (Å²) in [5.74, 6) is 1.82. The summed E-state index contributed by atoms with van der Waals surface area (Å²) in [6.07, 6.45) is 5.45. The molecule has 0 spiro atoms. The summed E-state index contributed by atoms with van der Waals surface area (Å²) in [6.45, 7) is 2.56. The van der Waals surface area contributed by atoms with Gasteiger partial charge in [0, 0.05) is 6.42 Å². The average molecular weight is 230 g/mol. The zero-order chi connectivity index (χ0) is 9.60. The van der Waals surface area contributed by atoms with Crippen LogP contribution in [0, 0.1) is 5.92 Å². The molecule has 15 heavy (non-hydrogen) atoms. The lowest BCUT2D eigenvalue weighted by Gasteiger charge is -2.50. The summed E-state index contributed by atoms with van der Waals surface area (Å²) in [4.78, 5) is 4.21. The van der Waals surface area contributed by atoms with E-state index in [1.54, 1.807) is 0 Å². The van der Waals surface area contributed by atoms with Crippen molar-refractivity contribution in [2.24, 2.45) is 5.92 Å². The fourth-order valence-corrected chi connectivity index (χ4v) is 3.04. The van der Waals surface area contributed by atoms with E-state index in [9.17, 15) is 0 Å². The smallest absolute Gasteiger partial charge is 0.229 e. The predicted molar refractivity (Wildman–Crippen MR) is 50.3 cm³/mol. The van der Waals surface area contributed by atoms with Gasteiger partial charge < -0.3 is 21.4 Å². The van der Waals surface area contributed by atoms with Crippen molar-refractivity contribution in [2.75, 3.05) is 20.1 Å². The van der Waals surface area contributed by atoms with E-state index in [1.165, 1.54) is 38.7 Å². The Hall–Kier alpha value is -0.610. The normalized spacial score (nSPS) is 38.7. The molecule has 1 aromatic heterocycles. The van der Waals surface area contributed by atoms with Gasteiger partial charge in [-0.2, -0.15) is 4.98 Å². The standard InChI is InChI=1S/C10H16N3O.ClH/c1-13-4-2-8(3-5-13)6-9(13)10-11-7-14-12-10;/h7-9H,2-6H2,1H3;1H/q+1;/p-1. The first kappa shape index (κ1) is 10.9. The molecular weight excluding hydrogens is 214 g/mol. The summed E-state index contributed by atoms with van der Waals surface area (Å²) in [7, 11) is 2.33. The molecule has 4 heterocycles. The number of aromatic nitrogens is 2. The Balaban J connectivity index is 0.000000853. The average Bonchev–Trinajstić information content (AvgIpc) is 2.71. The zero-order valence-electron chi connectivity index (χ0n) is 8.90. The van der Waals surface area contributed by atoms with Gasteiger partial charge in [-0.15, -0.1) is 0 Å². The van der Waals surface area contributed by atoms with Crippen LogP contribution in [0.1, 0.15) is 31.1 Å². The van der Waals surface area contributed by atoms with Crippen molar-refractivity contribution in [1.29, 1.82) is 0 Å². The highest BCUT2D eigenvalue weighted by molar-refractivity contribution is 4.92. The van der Waals surface area contributed by atoms with E-state index in [0.29, 0.717) is 6.04 Å². The zero-order valence-corrected chi connectivity index (χ0v) is 9.65. The minimum Gasteiger partial charge on any atom is -1.00 e. The largest absolute Gasteiger partial charge is 1.00 e. The molecule has 5 heteroatoms. The van der Waals surface area contributed by atoms with Crippen molar-refractivity contribution in [3.63, 3.8) is 0 Å². The van der Waals surface area contributed by atoms with Crippen LogP contribution in [0.3, 0.4) is 0 Å². The number of piperidine rings is 3.